The van der Waals surface area contributed by atoms with Crippen molar-refractivity contribution in [1.29, 1.82) is 0 Å². The minimum Gasteiger partial charge on any atom is -0.342 e. The van der Waals surface area contributed by atoms with E-state index in [9.17, 15) is 9.18 Å². The quantitative estimate of drug-likeness (QED) is 0.782. The van der Waals surface area contributed by atoms with E-state index in [0.717, 1.165) is 4.88 Å². The van der Waals surface area contributed by atoms with Crippen molar-refractivity contribution in [2.75, 3.05) is 0 Å². The number of imidazole rings is 1. The number of hydrogen-bond acceptors (Lipinski definition) is 3. The Balaban J connectivity index is 1.86. The third kappa shape index (κ3) is 3.65. The zero-order valence-electron chi connectivity index (χ0n) is 12.6. The number of amides is 1. The molecule has 2 aromatic heterocycles. The molecule has 0 unspecified atom stereocenters. The van der Waals surface area contributed by atoms with Gasteiger partial charge in [-0.2, -0.15) is 0 Å². The number of carbonyl (C=O) groups excluding carboxylic acids is 1. The van der Waals surface area contributed by atoms with Crippen LogP contribution < -0.4 is 5.32 Å². The Hall–Kier alpha value is -2.47. The Morgan fingerprint density at radius 3 is 2.91 bits per heavy atom. The molecule has 0 aliphatic rings. The van der Waals surface area contributed by atoms with Gasteiger partial charge in [0.15, 0.2) is 0 Å². The van der Waals surface area contributed by atoms with Crippen LogP contribution in [-0.4, -0.2) is 15.5 Å². The van der Waals surface area contributed by atoms with Crippen molar-refractivity contribution in [2.24, 2.45) is 7.05 Å². The number of hydrogen-bond donors (Lipinski definition) is 1. The molecule has 0 saturated heterocycles. The maximum Gasteiger partial charge on any atom is 0.226 e. The number of carbonyl (C=O) groups is 1. The summed E-state index contributed by atoms with van der Waals surface area (Å²) < 4.78 is 15.4. The molecule has 6 heteroatoms. The summed E-state index contributed by atoms with van der Waals surface area (Å²) in [4.78, 5) is 17.6. The molecule has 0 spiro atoms. The van der Waals surface area contributed by atoms with Crippen LogP contribution in [0.5, 0.6) is 0 Å². The van der Waals surface area contributed by atoms with E-state index in [1.807, 2.05) is 29.1 Å². The van der Waals surface area contributed by atoms with Crippen LogP contribution in [0.1, 0.15) is 22.3 Å². The zero-order chi connectivity index (χ0) is 16.2. The summed E-state index contributed by atoms with van der Waals surface area (Å²) in [6.07, 6.45) is 3.76. The summed E-state index contributed by atoms with van der Waals surface area (Å²) in [5.74, 6) is 0.203. The Kier molecular flexibility index (Phi) is 4.52. The first-order chi connectivity index (χ1) is 11.1. The van der Waals surface area contributed by atoms with Gasteiger partial charge in [-0.3, -0.25) is 4.79 Å². The smallest absolute Gasteiger partial charge is 0.226 e. The van der Waals surface area contributed by atoms with E-state index >= 15 is 0 Å². The highest BCUT2D eigenvalue weighted by atomic mass is 32.1. The molecule has 0 bridgehead atoms. The molecule has 0 aliphatic carbocycles. The Morgan fingerprint density at radius 2 is 2.26 bits per heavy atom. The predicted octanol–water partition coefficient (Wildman–Crippen LogP) is 3.07. The van der Waals surface area contributed by atoms with Crippen molar-refractivity contribution in [3.05, 3.63) is 76.3 Å². The van der Waals surface area contributed by atoms with Crippen LogP contribution in [0.2, 0.25) is 0 Å². The molecule has 3 rings (SSSR count). The number of aromatic nitrogens is 2. The van der Waals surface area contributed by atoms with Gasteiger partial charge in [-0.05, 0) is 29.1 Å². The minimum absolute atomic E-state index is 0.121. The van der Waals surface area contributed by atoms with Gasteiger partial charge in [0.2, 0.25) is 5.91 Å². The van der Waals surface area contributed by atoms with E-state index in [4.69, 9.17) is 0 Å². The van der Waals surface area contributed by atoms with E-state index in [0.29, 0.717) is 17.8 Å². The standard InChI is InChI=1S/C17H16FN3OS/c1-21-8-7-19-17(21)16(12-4-2-5-13(18)10-12)20-15(22)11-14-6-3-9-23-14/h2-10,16H,11H2,1H3,(H,20,22)/t16-/m0/s1. The molecule has 1 atom stereocenters. The third-order valence-corrected chi connectivity index (χ3v) is 4.40. The van der Waals surface area contributed by atoms with Gasteiger partial charge in [0.1, 0.15) is 17.7 Å². The first-order valence-corrected chi connectivity index (χ1v) is 8.06. The molecule has 3 aromatic rings. The number of nitrogens with one attached hydrogen (secondary N) is 1. The fourth-order valence-electron chi connectivity index (χ4n) is 2.42. The molecule has 2 heterocycles. The van der Waals surface area contributed by atoms with Crippen LogP contribution in [0.25, 0.3) is 0 Å². The summed E-state index contributed by atoms with van der Waals surface area (Å²) in [5.41, 5.74) is 0.666. The van der Waals surface area contributed by atoms with Gasteiger partial charge in [0, 0.05) is 24.3 Å². The number of halogens is 1. The molecule has 1 N–H and O–H groups in total. The second-order valence-corrected chi connectivity index (χ2v) is 6.24. The van der Waals surface area contributed by atoms with Crippen molar-refractivity contribution < 1.29 is 9.18 Å². The highest BCUT2D eigenvalue weighted by Crippen LogP contribution is 2.21. The lowest BCUT2D eigenvalue weighted by Gasteiger charge is -2.19. The van der Waals surface area contributed by atoms with Crippen LogP contribution in [0, 0.1) is 5.82 Å². The SMILES string of the molecule is Cn1ccnc1[C@@H](NC(=O)Cc1cccs1)c1cccc(F)c1. The van der Waals surface area contributed by atoms with E-state index in [1.54, 1.807) is 24.5 Å². The third-order valence-electron chi connectivity index (χ3n) is 3.52. The van der Waals surface area contributed by atoms with Gasteiger partial charge in [-0.1, -0.05) is 18.2 Å². The van der Waals surface area contributed by atoms with Gasteiger partial charge in [-0.25, -0.2) is 9.37 Å². The molecule has 0 saturated carbocycles. The summed E-state index contributed by atoms with van der Waals surface area (Å²) in [7, 11) is 1.85. The Morgan fingerprint density at radius 1 is 1.39 bits per heavy atom. The topological polar surface area (TPSA) is 46.9 Å². The van der Waals surface area contributed by atoms with Crippen molar-refractivity contribution in [3.63, 3.8) is 0 Å². The van der Waals surface area contributed by atoms with Crippen LogP contribution in [0.15, 0.2) is 54.2 Å². The second-order valence-electron chi connectivity index (χ2n) is 5.21. The second kappa shape index (κ2) is 6.75. The molecule has 0 aliphatic heterocycles. The first-order valence-electron chi connectivity index (χ1n) is 7.18. The average molecular weight is 329 g/mol. The van der Waals surface area contributed by atoms with Crippen LogP contribution in [0.3, 0.4) is 0 Å². The number of aryl methyl sites for hydroxylation is 1. The van der Waals surface area contributed by atoms with Crippen molar-refractivity contribution in [3.8, 4) is 0 Å². The highest BCUT2D eigenvalue weighted by Gasteiger charge is 2.21. The van der Waals surface area contributed by atoms with E-state index in [2.05, 4.69) is 10.3 Å². The molecule has 1 aromatic carbocycles. The summed E-state index contributed by atoms with van der Waals surface area (Å²) in [6, 6.07) is 9.56. The largest absolute Gasteiger partial charge is 0.342 e. The van der Waals surface area contributed by atoms with Gasteiger partial charge in [0.05, 0.1) is 6.42 Å². The lowest BCUT2D eigenvalue weighted by atomic mass is 10.1. The van der Waals surface area contributed by atoms with Gasteiger partial charge in [-0.15, -0.1) is 11.3 Å². The predicted molar refractivity (Wildman–Crippen MR) is 87.6 cm³/mol. The first kappa shape index (κ1) is 15.4. The van der Waals surface area contributed by atoms with E-state index in [-0.39, 0.29) is 11.7 Å². The average Bonchev–Trinajstić information content (AvgIpc) is 3.16. The van der Waals surface area contributed by atoms with Crippen LogP contribution in [0.4, 0.5) is 4.39 Å². The molecular weight excluding hydrogens is 313 g/mol. The highest BCUT2D eigenvalue weighted by molar-refractivity contribution is 7.10. The molecule has 4 nitrogen and oxygen atoms in total. The summed E-state index contributed by atoms with van der Waals surface area (Å²) in [5, 5.41) is 4.90. The number of nitrogens with zero attached hydrogens (tertiary/aromatic N) is 2. The Labute approximate surface area is 137 Å². The van der Waals surface area contributed by atoms with Crippen LogP contribution >= 0.6 is 11.3 Å². The number of thiophene rings is 1. The van der Waals surface area contributed by atoms with E-state index in [1.165, 1.54) is 23.5 Å². The Bertz CT molecular complexity index is 798. The lowest BCUT2D eigenvalue weighted by Crippen LogP contribution is -2.32. The monoisotopic (exact) mass is 329 g/mol. The number of rotatable bonds is 5. The van der Waals surface area contributed by atoms with Gasteiger partial charge >= 0.3 is 0 Å². The summed E-state index contributed by atoms with van der Waals surface area (Å²) in [6.45, 7) is 0. The normalized spacial score (nSPS) is 12.1. The van der Waals surface area contributed by atoms with Crippen molar-refractivity contribution >= 4 is 17.2 Å². The maximum atomic E-state index is 13.6. The molecule has 23 heavy (non-hydrogen) atoms. The number of benzene rings is 1. The van der Waals surface area contributed by atoms with Gasteiger partial charge in [0.25, 0.3) is 0 Å². The van der Waals surface area contributed by atoms with E-state index < -0.39 is 6.04 Å². The van der Waals surface area contributed by atoms with Crippen molar-refractivity contribution in [1.82, 2.24) is 14.9 Å². The summed E-state index contributed by atoms with van der Waals surface area (Å²) >= 11 is 1.54. The molecular formula is C17H16FN3OS. The van der Waals surface area contributed by atoms with Gasteiger partial charge < -0.3 is 9.88 Å². The molecule has 1 amide bonds. The lowest BCUT2D eigenvalue weighted by molar-refractivity contribution is -0.120. The molecule has 0 radical (unpaired) electrons. The molecule has 0 fully saturated rings. The fourth-order valence-corrected chi connectivity index (χ4v) is 3.13. The fraction of sp³-hybridized carbons (Fsp3) is 0.176. The van der Waals surface area contributed by atoms with Crippen molar-refractivity contribution in [2.45, 2.75) is 12.5 Å². The zero-order valence-corrected chi connectivity index (χ0v) is 13.4. The molecule has 118 valence electrons. The maximum absolute atomic E-state index is 13.6. The van der Waals surface area contributed by atoms with Crippen LogP contribution in [-0.2, 0) is 18.3 Å². The minimum atomic E-state index is -0.488.